The second kappa shape index (κ2) is 25.3. The van der Waals surface area contributed by atoms with Crippen molar-refractivity contribution in [1.82, 2.24) is 0 Å². The molecule has 0 N–H and O–H groups in total. The first kappa shape index (κ1) is 18.0. The second-order valence-corrected chi connectivity index (χ2v) is 0. The topological polar surface area (TPSA) is 0 Å². The molecular formula is H6Cl2P2. The van der Waals surface area contributed by atoms with Crippen LogP contribution in [0.3, 0.4) is 0 Å². The third-order valence-corrected chi connectivity index (χ3v) is 0. The maximum atomic E-state index is 2.33. The third-order valence-electron chi connectivity index (χ3n) is 0. The van der Waals surface area contributed by atoms with Crippen molar-refractivity contribution in [2.24, 2.45) is 0 Å². The highest BCUT2D eigenvalue weighted by molar-refractivity contribution is 7.92. The van der Waals surface area contributed by atoms with Crippen molar-refractivity contribution in [3.63, 3.8) is 0 Å². The van der Waals surface area contributed by atoms with Crippen molar-refractivity contribution in [2.75, 3.05) is 0 Å². The fraction of sp³-hybridized carbons (Fsp3) is 0. The van der Waals surface area contributed by atoms with E-state index in [0.29, 0.717) is 0 Å². The van der Waals surface area contributed by atoms with Gasteiger partial charge in [-0.15, -0.1) is 42.7 Å². The summed E-state index contributed by atoms with van der Waals surface area (Å²) in [6.07, 6.45) is 0. The quantitative estimate of drug-likeness (QED) is 0.446. The summed E-state index contributed by atoms with van der Waals surface area (Å²) in [7, 11) is 4.67. The van der Waals surface area contributed by atoms with Crippen LogP contribution in [0.15, 0.2) is 0 Å². The number of halogens is 2. The Balaban J connectivity index is -0.00000000500. The minimum atomic E-state index is 0. The van der Waals surface area contributed by atoms with Crippen LogP contribution in [-0.2, 0) is 0 Å². The average Bonchev–Trinajstić information content (AvgIpc) is 1.00. The molecule has 0 aliphatic carbocycles. The summed E-state index contributed by atoms with van der Waals surface area (Å²) in [5.41, 5.74) is 0. The van der Waals surface area contributed by atoms with E-state index in [1.54, 1.807) is 0 Å². The largest absolute Gasteiger partial charge is 0.147 e. The molecule has 0 nitrogen and oxygen atoms in total. The van der Waals surface area contributed by atoms with Gasteiger partial charge in [0.1, 0.15) is 0 Å². The van der Waals surface area contributed by atoms with Gasteiger partial charge in [0.15, 0.2) is 0 Å². The van der Waals surface area contributed by atoms with Crippen LogP contribution in [0.4, 0.5) is 0 Å². The minimum absolute atomic E-state index is 0. The predicted octanol–water partition coefficient (Wildman–Crippen LogP) is 1.50. The van der Waals surface area contributed by atoms with Gasteiger partial charge in [-0.3, -0.25) is 0 Å². The maximum absolute atomic E-state index is 2.33. The van der Waals surface area contributed by atoms with Crippen LogP contribution >= 0.6 is 42.7 Å². The summed E-state index contributed by atoms with van der Waals surface area (Å²) in [6.45, 7) is 0. The molecule has 0 bridgehead atoms. The molecule has 30 valence electrons. The Morgan fingerprint density at radius 1 is 0.750 bits per heavy atom. The van der Waals surface area contributed by atoms with Crippen LogP contribution in [-0.4, -0.2) is 0 Å². The van der Waals surface area contributed by atoms with Gasteiger partial charge in [0.2, 0.25) is 0 Å². The van der Waals surface area contributed by atoms with Gasteiger partial charge in [-0.25, -0.2) is 0 Å². The van der Waals surface area contributed by atoms with E-state index in [4.69, 9.17) is 0 Å². The van der Waals surface area contributed by atoms with Crippen molar-refractivity contribution in [2.45, 2.75) is 0 Å². The summed E-state index contributed by atoms with van der Waals surface area (Å²) in [5.74, 6) is 0. The van der Waals surface area contributed by atoms with Crippen LogP contribution in [0.1, 0.15) is 0 Å². The Labute approximate surface area is 43.2 Å². The molecule has 0 rings (SSSR count). The first-order valence-electron chi connectivity index (χ1n) is 0.333. The van der Waals surface area contributed by atoms with Crippen molar-refractivity contribution in [1.29, 1.82) is 0 Å². The molecule has 0 spiro atoms. The summed E-state index contributed by atoms with van der Waals surface area (Å²) < 4.78 is 0. The Morgan fingerprint density at radius 2 is 0.750 bits per heavy atom. The van der Waals surface area contributed by atoms with Crippen LogP contribution in [0, 0.1) is 0 Å². The summed E-state index contributed by atoms with van der Waals surface area (Å²) >= 11 is 0. The Hall–Kier alpha value is 1.44. The van der Waals surface area contributed by atoms with Gasteiger partial charge in [-0.05, 0) is 0 Å². The highest BCUT2D eigenvalue weighted by Crippen LogP contribution is 1.86. The zero-order valence-corrected chi connectivity index (χ0v) is 5.91. The van der Waals surface area contributed by atoms with Gasteiger partial charge in [0, 0.05) is 0 Å². The van der Waals surface area contributed by atoms with E-state index < -0.39 is 0 Å². The highest BCUT2D eigenvalue weighted by Gasteiger charge is 0.882. The standard InChI is InChI=1S/2ClH.H4P2/c;;1-2/h2*1H;1-2H2. The molecule has 0 aromatic rings. The zero-order chi connectivity index (χ0) is 2.00. The molecule has 0 aromatic carbocycles. The van der Waals surface area contributed by atoms with E-state index in [0.717, 1.165) is 0 Å². The lowest BCUT2D eigenvalue weighted by Crippen LogP contribution is -0.139. The first-order chi connectivity index (χ1) is 1.00. The van der Waals surface area contributed by atoms with Crippen molar-refractivity contribution in [3.8, 4) is 0 Å². The molecule has 4 heteroatoms. The van der Waals surface area contributed by atoms with Crippen LogP contribution in [0.5, 0.6) is 0 Å². The SMILES string of the molecule is Cl.Cl.PP. The van der Waals surface area contributed by atoms with Gasteiger partial charge >= 0.3 is 0 Å². The molecule has 0 aliphatic heterocycles. The highest BCUT2D eigenvalue weighted by atomic mass is 35.5. The Morgan fingerprint density at radius 3 is 0.750 bits per heavy atom. The Kier molecular flexibility index (Phi) is 114. The fourth-order valence-electron chi connectivity index (χ4n) is 0. The molecule has 0 radical (unpaired) electrons. The lowest BCUT2D eigenvalue weighted by atomic mass is 30.0. The van der Waals surface area contributed by atoms with Gasteiger partial charge in [-0.1, -0.05) is 0 Å². The van der Waals surface area contributed by atoms with Gasteiger partial charge in [0.05, 0.1) is 0 Å². The molecule has 0 aliphatic rings. The summed E-state index contributed by atoms with van der Waals surface area (Å²) in [5, 5.41) is 0. The van der Waals surface area contributed by atoms with E-state index in [1.807, 2.05) is 0 Å². The van der Waals surface area contributed by atoms with Crippen molar-refractivity contribution in [3.05, 3.63) is 0 Å². The Bertz CT molecular complexity index is 4.00. The van der Waals surface area contributed by atoms with E-state index in [1.165, 1.54) is 0 Å². The first-order valence-corrected chi connectivity index (χ1v) is 3.00. The summed E-state index contributed by atoms with van der Waals surface area (Å²) in [6, 6.07) is 0. The molecule has 0 fully saturated rings. The van der Waals surface area contributed by atoms with Crippen LogP contribution in [0.25, 0.3) is 0 Å². The van der Waals surface area contributed by atoms with Crippen LogP contribution in [0.2, 0.25) is 0 Å². The van der Waals surface area contributed by atoms with Crippen molar-refractivity contribution < 1.29 is 0 Å². The number of hydrogen-bond acceptors (Lipinski definition) is 0. The zero-order valence-electron chi connectivity index (χ0n) is 1.97. The molecular weight excluding hydrogens is 133 g/mol. The molecule has 0 saturated carbocycles. The van der Waals surface area contributed by atoms with Gasteiger partial charge in [0.25, 0.3) is 0 Å². The molecule has 2 atom stereocenters. The molecule has 0 aromatic heterocycles. The minimum Gasteiger partial charge on any atom is -0.147 e. The fourth-order valence-corrected chi connectivity index (χ4v) is 0. The number of rotatable bonds is 0. The normalized spacial score (nSPS) is 1.50. The van der Waals surface area contributed by atoms with E-state index in [2.05, 4.69) is 17.9 Å². The monoisotopic (exact) mass is 138 g/mol. The molecule has 0 heterocycles. The van der Waals surface area contributed by atoms with Crippen LogP contribution < -0.4 is 0 Å². The maximum Gasteiger partial charge on any atom is -0.118 e. The lowest BCUT2D eigenvalue weighted by Gasteiger charge is -1.12. The lowest BCUT2D eigenvalue weighted by molar-refractivity contribution is 5.85. The molecule has 0 saturated heterocycles. The van der Waals surface area contributed by atoms with Gasteiger partial charge in [-0.2, -0.15) is 0 Å². The smallest absolute Gasteiger partial charge is 0.118 e. The predicted molar refractivity (Wildman–Crippen MR) is 33.9 cm³/mol. The molecule has 0 amide bonds. The number of hydrogen-bond donors (Lipinski definition) is 0. The molecule has 2 unspecified atom stereocenters. The van der Waals surface area contributed by atoms with E-state index in [-0.39, 0.29) is 24.8 Å². The van der Waals surface area contributed by atoms with Gasteiger partial charge < -0.3 is 0 Å². The van der Waals surface area contributed by atoms with E-state index >= 15 is 0 Å². The van der Waals surface area contributed by atoms with Crippen molar-refractivity contribution >= 4 is 42.7 Å². The average molecular weight is 139 g/mol. The molecule has 4 heavy (non-hydrogen) atoms. The second-order valence-electron chi connectivity index (χ2n) is 0. The summed E-state index contributed by atoms with van der Waals surface area (Å²) in [4.78, 5) is 0. The van der Waals surface area contributed by atoms with E-state index in [9.17, 15) is 0 Å². The third kappa shape index (κ3) is 9.88.